The number of carbonyl (C=O) groups is 2. The molecule has 0 saturated carbocycles. The zero-order valence-electron chi connectivity index (χ0n) is 19.2. The first-order chi connectivity index (χ1) is 16.2. The molecule has 9 heteroatoms. The second-order valence-electron chi connectivity index (χ2n) is 7.90. The van der Waals surface area contributed by atoms with Crippen molar-refractivity contribution in [3.05, 3.63) is 64.6 Å². The Morgan fingerprint density at radius 3 is 2.38 bits per heavy atom. The van der Waals surface area contributed by atoms with Gasteiger partial charge in [-0.05, 0) is 61.1 Å². The Kier molecular flexibility index (Phi) is 7.70. The van der Waals surface area contributed by atoms with E-state index in [2.05, 4.69) is 27.9 Å². The van der Waals surface area contributed by atoms with Crippen LogP contribution in [0.1, 0.15) is 12.5 Å². The number of aromatic nitrogens is 2. The fourth-order valence-corrected chi connectivity index (χ4v) is 3.63. The minimum absolute atomic E-state index is 0.0535. The van der Waals surface area contributed by atoms with Gasteiger partial charge >= 0.3 is 11.9 Å². The standard InChI is InChI=1S/C21H23N3O2.C4H4O4/c1-4-13-12-22-21(25)19-18-16-7-6-15(26-10-9-24(2)3)11-14(16)5-8-17(18)23-20(13)19;5-3(6)1-2-4(7)8/h5-8,11-12,23H,4,9-10H2,1-3H3,(H,22,25);1-2H,(H,5,6)(H,7,8)/b;2-1-. The summed E-state index contributed by atoms with van der Waals surface area (Å²) in [6, 6.07) is 10.2. The van der Waals surface area contributed by atoms with Crippen LogP contribution in [0.5, 0.6) is 5.75 Å². The van der Waals surface area contributed by atoms with Gasteiger partial charge < -0.3 is 29.8 Å². The van der Waals surface area contributed by atoms with Crippen LogP contribution in [0.15, 0.2) is 53.5 Å². The maximum Gasteiger partial charge on any atom is 0.328 e. The number of hydrogen-bond acceptors (Lipinski definition) is 5. The van der Waals surface area contributed by atoms with E-state index in [1.807, 2.05) is 38.4 Å². The third-order valence-electron chi connectivity index (χ3n) is 5.23. The number of aliphatic carboxylic acids is 2. The van der Waals surface area contributed by atoms with Gasteiger partial charge in [0.15, 0.2) is 0 Å². The molecule has 2 aromatic heterocycles. The normalized spacial score (nSPS) is 11.3. The van der Waals surface area contributed by atoms with Gasteiger partial charge in [0, 0.05) is 35.8 Å². The third kappa shape index (κ3) is 5.62. The van der Waals surface area contributed by atoms with Crippen molar-refractivity contribution in [1.29, 1.82) is 0 Å². The van der Waals surface area contributed by atoms with Gasteiger partial charge in [-0.15, -0.1) is 0 Å². The number of carboxylic acid groups (broad SMARTS) is 2. The van der Waals surface area contributed by atoms with Crippen LogP contribution in [0.25, 0.3) is 32.6 Å². The van der Waals surface area contributed by atoms with Crippen molar-refractivity contribution < 1.29 is 24.5 Å². The summed E-state index contributed by atoms with van der Waals surface area (Å²) in [4.78, 5) is 40.0. The predicted molar refractivity (Wildman–Crippen MR) is 132 cm³/mol. The number of nitrogens with zero attached hydrogens (tertiary/aromatic N) is 1. The Bertz CT molecular complexity index is 1420. The monoisotopic (exact) mass is 465 g/mol. The van der Waals surface area contributed by atoms with E-state index in [0.29, 0.717) is 18.8 Å². The molecule has 0 aliphatic heterocycles. The maximum atomic E-state index is 12.5. The van der Waals surface area contributed by atoms with E-state index in [4.69, 9.17) is 14.9 Å². The molecule has 34 heavy (non-hydrogen) atoms. The number of H-pyrrole nitrogens is 2. The summed E-state index contributed by atoms with van der Waals surface area (Å²) in [5.41, 5.74) is 2.99. The molecule has 0 atom stereocenters. The molecule has 2 aromatic carbocycles. The van der Waals surface area contributed by atoms with Crippen LogP contribution < -0.4 is 10.3 Å². The van der Waals surface area contributed by atoms with Gasteiger partial charge in [-0.3, -0.25) is 4.79 Å². The molecule has 4 rings (SSSR count). The lowest BCUT2D eigenvalue weighted by atomic mass is 10.0. The highest BCUT2D eigenvalue weighted by Gasteiger charge is 2.14. The molecule has 0 bridgehead atoms. The van der Waals surface area contributed by atoms with Gasteiger partial charge in [-0.2, -0.15) is 0 Å². The molecule has 0 aliphatic rings. The number of pyridine rings is 1. The molecule has 0 amide bonds. The molecule has 0 radical (unpaired) electrons. The van der Waals surface area contributed by atoms with E-state index < -0.39 is 11.9 Å². The van der Waals surface area contributed by atoms with Gasteiger partial charge in [0.25, 0.3) is 5.56 Å². The number of fused-ring (bicyclic) bond motifs is 5. The lowest BCUT2D eigenvalue weighted by Crippen LogP contribution is -2.19. The summed E-state index contributed by atoms with van der Waals surface area (Å²) in [5, 5.41) is 19.5. The maximum absolute atomic E-state index is 12.5. The van der Waals surface area contributed by atoms with Crippen LogP contribution in [-0.2, 0) is 16.0 Å². The third-order valence-corrected chi connectivity index (χ3v) is 5.23. The first-order valence-electron chi connectivity index (χ1n) is 10.7. The first-order valence-corrected chi connectivity index (χ1v) is 10.7. The van der Waals surface area contributed by atoms with Gasteiger partial charge in [-0.1, -0.05) is 13.0 Å². The van der Waals surface area contributed by atoms with Crippen LogP contribution in [0.3, 0.4) is 0 Å². The molecular weight excluding hydrogens is 438 g/mol. The number of likely N-dealkylation sites (N-methyl/N-ethyl adjacent to an activating group) is 1. The van der Waals surface area contributed by atoms with Crippen LogP contribution in [0.4, 0.5) is 0 Å². The number of benzene rings is 2. The van der Waals surface area contributed by atoms with E-state index in [9.17, 15) is 14.4 Å². The van der Waals surface area contributed by atoms with Crippen LogP contribution >= 0.6 is 0 Å². The summed E-state index contributed by atoms with van der Waals surface area (Å²) in [6.45, 7) is 3.61. The number of rotatable bonds is 7. The molecule has 9 nitrogen and oxygen atoms in total. The number of hydrogen-bond donors (Lipinski definition) is 4. The van der Waals surface area contributed by atoms with Crippen molar-refractivity contribution in [2.75, 3.05) is 27.2 Å². The molecule has 0 aliphatic carbocycles. The lowest BCUT2D eigenvalue weighted by Gasteiger charge is -2.11. The zero-order chi connectivity index (χ0) is 24.8. The van der Waals surface area contributed by atoms with E-state index in [1.54, 1.807) is 6.20 Å². The molecule has 178 valence electrons. The van der Waals surface area contributed by atoms with Crippen molar-refractivity contribution in [1.82, 2.24) is 14.9 Å². The molecule has 0 saturated heterocycles. The summed E-state index contributed by atoms with van der Waals surface area (Å²) in [7, 11) is 4.05. The van der Waals surface area contributed by atoms with Gasteiger partial charge in [0.2, 0.25) is 0 Å². The second kappa shape index (κ2) is 10.7. The Balaban J connectivity index is 0.000000350. The average molecular weight is 466 g/mol. The SMILES string of the molecule is CCc1c[nH]c(=O)c2c1[nH]c1ccc3cc(OCCN(C)C)ccc3c12.O=C(O)/C=C\C(=O)O. The smallest absolute Gasteiger partial charge is 0.328 e. The Hall–Kier alpha value is -4.11. The fraction of sp³-hybridized carbons (Fsp3) is 0.240. The highest BCUT2D eigenvalue weighted by Crippen LogP contribution is 2.33. The van der Waals surface area contributed by atoms with E-state index >= 15 is 0 Å². The van der Waals surface area contributed by atoms with Crippen LogP contribution in [-0.4, -0.2) is 64.3 Å². The Morgan fingerprint density at radius 1 is 1.06 bits per heavy atom. The molecule has 0 unspecified atom stereocenters. The molecule has 4 N–H and O–H groups in total. The number of aryl methyl sites for hydroxylation is 1. The van der Waals surface area contributed by atoms with Crippen LogP contribution in [0.2, 0.25) is 0 Å². The first kappa shape index (κ1) is 24.5. The second-order valence-corrected chi connectivity index (χ2v) is 7.90. The van der Waals surface area contributed by atoms with Gasteiger partial charge in [-0.25, -0.2) is 9.59 Å². The zero-order valence-corrected chi connectivity index (χ0v) is 19.2. The Morgan fingerprint density at radius 2 is 1.76 bits per heavy atom. The molecular formula is C25H27N3O6. The molecule has 4 aromatic rings. The van der Waals surface area contributed by atoms with Crippen molar-refractivity contribution in [3.8, 4) is 5.75 Å². The van der Waals surface area contributed by atoms with Crippen LogP contribution in [0, 0.1) is 0 Å². The van der Waals surface area contributed by atoms with Gasteiger partial charge in [0.05, 0.1) is 10.9 Å². The van der Waals surface area contributed by atoms with Gasteiger partial charge in [0.1, 0.15) is 12.4 Å². The quantitative estimate of drug-likeness (QED) is 0.307. The predicted octanol–water partition coefficient (Wildman–Crippen LogP) is 3.38. The summed E-state index contributed by atoms with van der Waals surface area (Å²) in [5.74, 6) is -1.67. The van der Waals surface area contributed by atoms with Crippen molar-refractivity contribution in [3.63, 3.8) is 0 Å². The molecule has 0 fully saturated rings. The largest absolute Gasteiger partial charge is 0.492 e. The number of carboxylic acids is 2. The van der Waals surface area contributed by atoms with Crippen molar-refractivity contribution >= 4 is 44.5 Å². The highest BCUT2D eigenvalue weighted by molar-refractivity contribution is 6.20. The summed E-state index contributed by atoms with van der Waals surface area (Å²) in [6.07, 6.45) is 3.78. The molecule has 0 spiro atoms. The number of aromatic amines is 2. The van der Waals surface area contributed by atoms with E-state index in [0.717, 1.165) is 56.9 Å². The van der Waals surface area contributed by atoms with E-state index in [1.165, 1.54) is 0 Å². The minimum atomic E-state index is -1.26. The summed E-state index contributed by atoms with van der Waals surface area (Å²) >= 11 is 0. The summed E-state index contributed by atoms with van der Waals surface area (Å²) < 4.78 is 5.85. The number of nitrogens with one attached hydrogen (secondary N) is 2. The average Bonchev–Trinajstić information content (AvgIpc) is 3.19. The number of ether oxygens (including phenoxy) is 1. The topological polar surface area (TPSA) is 136 Å². The fourth-order valence-electron chi connectivity index (χ4n) is 3.63. The minimum Gasteiger partial charge on any atom is -0.492 e. The van der Waals surface area contributed by atoms with Crippen molar-refractivity contribution in [2.45, 2.75) is 13.3 Å². The lowest BCUT2D eigenvalue weighted by molar-refractivity contribution is -0.134. The molecule has 2 heterocycles. The highest BCUT2D eigenvalue weighted by atomic mass is 16.5. The van der Waals surface area contributed by atoms with Crippen molar-refractivity contribution in [2.24, 2.45) is 0 Å². The van der Waals surface area contributed by atoms with E-state index in [-0.39, 0.29) is 5.56 Å². The Labute approximate surface area is 195 Å².